The average molecular weight is 418 g/mol. The first-order chi connectivity index (χ1) is 12.1. The second-order valence-electron chi connectivity index (χ2n) is 7.18. The minimum Gasteiger partial charge on any atom is -0.309 e. The van der Waals surface area contributed by atoms with Crippen LogP contribution in [-0.2, 0) is 23.8 Å². The van der Waals surface area contributed by atoms with E-state index < -0.39 is 0 Å². The smallest absolute Gasteiger partial charge is 0.261 e. The van der Waals surface area contributed by atoms with Crippen molar-refractivity contribution in [3.8, 4) is 0 Å². The fourth-order valence-electron chi connectivity index (χ4n) is 2.53. The number of rotatable bonds is 3. The number of benzene rings is 1. The fraction of sp³-hybridized carbons (Fsp3) is 0.333. The molecule has 0 radical (unpaired) electrons. The Morgan fingerprint density at radius 1 is 1.27 bits per heavy atom. The van der Waals surface area contributed by atoms with Gasteiger partial charge in [0.15, 0.2) is 0 Å². The van der Waals surface area contributed by atoms with Gasteiger partial charge in [-0.25, -0.2) is 4.98 Å². The molecule has 0 aliphatic rings. The van der Waals surface area contributed by atoms with Crippen molar-refractivity contribution in [3.05, 3.63) is 51.1 Å². The normalized spacial score (nSPS) is 11.7. The summed E-state index contributed by atoms with van der Waals surface area (Å²) in [5.41, 5.74) is 1.10. The minimum atomic E-state index is -0.313. The summed E-state index contributed by atoms with van der Waals surface area (Å²) in [6.45, 7) is 6.04. The van der Waals surface area contributed by atoms with Gasteiger partial charge in [0, 0.05) is 23.0 Å². The predicted molar refractivity (Wildman–Crippen MR) is 104 cm³/mol. The number of hydrogen-bond acceptors (Lipinski definition) is 4. The molecule has 0 aliphatic carbocycles. The summed E-state index contributed by atoms with van der Waals surface area (Å²) in [5.74, 6) is 0.274. The molecule has 1 aromatic carbocycles. The van der Waals surface area contributed by atoms with Gasteiger partial charge in [-0.3, -0.25) is 18.8 Å². The molecule has 8 heteroatoms. The molecule has 0 saturated heterocycles. The number of anilines is 1. The lowest BCUT2D eigenvalue weighted by molar-refractivity contribution is -0.116. The summed E-state index contributed by atoms with van der Waals surface area (Å²) in [6.07, 6.45) is 1.39. The Hall–Kier alpha value is -2.48. The lowest BCUT2D eigenvalue weighted by Gasteiger charge is -2.13. The Bertz CT molecular complexity index is 1050. The Labute approximate surface area is 159 Å². The molecule has 3 rings (SSSR count). The quantitative estimate of drug-likeness (QED) is 0.709. The number of carbonyl (C=O) groups excluding carboxylic acids is 1. The lowest BCUT2D eigenvalue weighted by Crippen LogP contribution is -2.28. The van der Waals surface area contributed by atoms with Crippen LogP contribution in [0.2, 0.25) is 0 Å². The van der Waals surface area contributed by atoms with E-state index in [0.717, 1.165) is 10.2 Å². The van der Waals surface area contributed by atoms with Crippen LogP contribution in [0.25, 0.3) is 10.9 Å². The number of nitrogens with one attached hydrogen (secondary N) is 1. The number of nitrogens with zero attached hydrogens (tertiary/aromatic N) is 4. The number of halogens is 1. The van der Waals surface area contributed by atoms with Gasteiger partial charge in [0.25, 0.3) is 5.56 Å². The van der Waals surface area contributed by atoms with Crippen LogP contribution in [0.5, 0.6) is 0 Å². The summed E-state index contributed by atoms with van der Waals surface area (Å²) >= 11 is 3.35. The van der Waals surface area contributed by atoms with E-state index in [4.69, 9.17) is 0 Å². The molecule has 26 heavy (non-hydrogen) atoms. The number of hydrogen-bond donors (Lipinski definition) is 1. The number of aryl methyl sites for hydroxylation is 1. The summed E-state index contributed by atoms with van der Waals surface area (Å²) < 4.78 is 3.71. The zero-order chi connectivity index (χ0) is 19.1. The second kappa shape index (κ2) is 6.68. The van der Waals surface area contributed by atoms with Gasteiger partial charge >= 0.3 is 0 Å². The van der Waals surface area contributed by atoms with Gasteiger partial charge in [-0.15, -0.1) is 0 Å². The maximum Gasteiger partial charge on any atom is 0.261 e. The lowest BCUT2D eigenvalue weighted by atomic mass is 9.92. The molecule has 3 aromatic rings. The monoisotopic (exact) mass is 417 g/mol. The van der Waals surface area contributed by atoms with Crippen molar-refractivity contribution in [2.24, 2.45) is 7.05 Å². The molecule has 0 unspecified atom stereocenters. The van der Waals surface area contributed by atoms with E-state index in [9.17, 15) is 9.59 Å². The molecule has 0 bridgehead atoms. The van der Waals surface area contributed by atoms with Crippen molar-refractivity contribution in [3.63, 3.8) is 0 Å². The minimum absolute atomic E-state index is 0.118. The van der Waals surface area contributed by atoms with Crippen LogP contribution < -0.4 is 10.9 Å². The molecule has 0 atom stereocenters. The number of fused-ring (bicyclic) bond motifs is 1. The molecule has 1 amide bonds. The molecule has 0 fully saturated rings. The van der Waals surface area contributed by atoms with Gasteiger partial charge < -0.3 is 5.32 Å². The van der Waals surface area contributed by atoms with Crippen molar-refractivity contribution in [2.45, 2.75) is 32.7 Å². The first-order valence-electron chi connectivity index (χ1n) is 8.14. The van der Waals surface area contributed by atoms with Gasteiger partial charge in [0.05, 0.1) is 22.9 Å². The van der Waals surface area contributed by atoms with Gasteiger partial charge in [-0.2, -0.15) is 5.10 Å². The standard InChI is InChI=1S/C18H20BrN5O2/c1-18(2,3)14-8-15(23(4)22-14)21-16(25)9-24-10-20-13-6-5-11(19)7-12(13)17(24)26/h5-8,10H,9H2,1-4H3,(H,21,25). The van der Waals surface area contributed by atoms with Gasteiger partial charge in [0.1, 0.15) is 12.4 Å². The molecule has 0 aliphatic heterocycles. The van der Waals surface area contributed by atoms with Crippen molar-refractivity contribution < 1.29 is 4.79 Å². The van der Waals surface area contributed by atoms with Gasteiger partial charge in [-0.05, 0) is 18.2 Å². The average Bonchev–Trinajstić information content (AvgIpc) is 2.92. The third-order valence-corrected chi connectivity index (χ3v) is 4.51. The van der Waals surface area contributed by atoms with E-state index in [1.54, 1.807) is 23.9 Å². The zero-order valence-electron chi connectivity index (χ0n) is 15.1. The van der Waals surface area contributed by atoms with Crippen molar-refractivity contribution in [1.82, 2.24) is 19.3 Å². The molecular weight excluding hydrogens is 398 g/mol. The number of aromatic nitrogens is 4. The van der Waals surface area contributed by atoms with Crippen LogP contribution in [0.15, 0.2) is 39.9 Å². The van der Waals surface area contributed by atoms with E-state index in [1.807, 2.05) is 12.1 Å². The molecule has 1 N–H and O–H groups in total. The highest BCUT2D eigenvalue weighted by molar-refractivity contribution is 9.10. The maximum absolute atomic E-state index is 12.6. The molecule has 2 heterocycles. The third-order valence-electron chi connectivity index (χ3n) is 4.02. The van der Waals surface area contributed by atoms with Crippen molar-refractivity contribution in [1.29, 1.82) is 0 Å². The van der Waals surface area contributed by atoms with Crippen LogP contribution >= 0.6 is 15.9 Å². The maximum atomic E-state index is 12.6. The molecular formula is C18H20BrN5O2. The van der Waals surface area contributed by atoms with Crippen LogP contribution in [0.1, 0.15) is 26.5 Å². The van der Waals surface area contributed by atoms with Gasteiger partial charge in [-0.1, -0.05) is 36.7 Å². The topological polar surface area (TPSA) is 81.8 Å². The summed E-state index contributed by atoms with van der Waals surface area (Å²) in [4.78, 5) is 29.2. The summed E-state index contributed by atoms with van der Waals surface area (Å²) in [5, 5.41) is 7.69. The summed E-state index contributed by atoms with van der Waals surface area (Å²) in [6, 6.07) is 7.13. The predicted octanol–water partition coefficient (Wildman–Crippen LogP) is 2.83. The third kappa shape index (κ3) is 3.70. The highest BCUT2D eigenvalue weighted by atomic mass is 79.9. The largest absolute Gasteiger partial charge is 0.309 e. The Balaban J connectivity index is 1.83. The van der Waals surface area contributed by atoms with Crippen LogP contribution in [-0.4, -0.2) is 25.2 Å². The number of carbonyl (C=O) groups is 1. The Morgan fingerprint density at radius 3 is 2.65 bits per heavy atom. The van der Waals surface area contributed by atoms with Crippen LogP contribution in [0.4, 0.5) is 5.82 Å². The van der Waals surface area contributed by atoms with Crippen molar-refractivity contribution >= 4 is 38.6 Å². The Kier molecular flexibility index (Phi) is 4.70. The van der Waals surface area contributed by atoms with Crippen LogP contribution in [0.3, 0.4) is 0 Å². The van der Waals surface area contributed by atoms with E-state index >= 15 is 0 Å². The molecule has 2 aromatic heterocycles. The SMILES string of the molecule is Cn1nc(C(C)(C)C)cc1NC(=O)Cn1cnc2ccc(Br)cc2c1=O. The first-order valence-corrected chi connectivity index (χ1v) is 8.93. The van der Waals surface area contributed by atoms with E-state index in [2.05, 4.69) is 52.1 Å². The van der Waals surface area contributed by atoms with Gasteiger partial charge in [0.2, 0.25) is 5.91 Å². The molecule has 7 nitrogen and oxygen atoms in total. The first kappa shape index (κ1) is 18.3. The van der Waals surface area contributed by atoms with Crippen LogP contribution in [0, 0.1) is 0 Å². The zero-order valence-corrected chi connectivity index (χ0v) is 16.7. The van der Waals surface area contributed by atoms with E-state index in [0.29, 0.717) is 16.7 Å². The summed E-state index contributed by atoms with van der Waals surface area (Å²) in [7, 11) is 1.77. The highest BCUT2D eigenvalue weighted by Gasteiger charge is 2.20. The fourth-order valence-corrected chi connectivity index (χ4v) is 2.89. The van der Waals surface area contributed by atoms with Crippen molar-refractivity contribution in [2.75, 3.05) is 5.32 Å². The van der Waals surface area contributed by atoms with E-state index in [1.165, 1.54) is 10.9 Å². The molecule has 0 saturated carbocycles. The molecule has 0 spiro atoms. The second-order valence-corrected chi connectivity index (χ2v) is 8.09. The van der Waals surface area contributed by atoms with E-state index in [-0.39, 0.29) is 23.4 Å². The highest BCUT2D eigenvalue weighted by Crippen LogP contribution is 2.23. The molecule has 136 valence electrons. The Morgan fingerprint density at radius 2 is 2.00 bits per heavy atom. The number of amides is 1.